The van der Waals surface area contributed by atoms with Gasteiger partial charge in [-0.3, -0.25) is 9.59 Å². The smallest absolute Gasteiger partial charge is 0.416 e. The first-order valence-electron chi connectivity index (χ1n) is 9.75. The number of amides is 1. The minimum Gasteiger partial charge on any atom is -0.486 e. The van der Waals surface area contributed by atoms with Gasteiger partial charge in [0.1, 0.15) is 19.8 Å². The van der Waals surface area contributed by atoms with Gasteiger partial charge >= 0.3 is 18.3 Å². The summed E-state index contributed by atoms with van der Waals surface area (Å²) in [5.41, 5.74) is -3.84. The van der Waals surface area contributed by atoms with Gasteiger partial charge in [-0.25, -0.2) is 0 Å². The van der Waals surface area contributed by atoms with E-state index in [9.17, 15) is 35.9 Å². The molecule has 35 heavy (non-hydrogen) atoms. The summed E-state index contributed by atoms with van der Waals surface area (Å²) in [6.45, 7) is 0.129. The summed E-state index contributed by atoms with van der Waals surface area (Å²) in [6, 6.07) is 3.59. The quantitative estimate of drug-likeness (QED) is 0.377. The number of halogens is 6. The van der Waals surface area contributed by atoms with Crippen LogP contribution in [0.4, 0.5) is 26.3 Å². The maximum absolute atomic E-state index is 13.2. The number of carbonyl (C=O) groups is 2. The monoisotopic (exact) mass is 520 g/mol. The average molecular weight is 520 g/mol. The highest BCUT2D eigenvalue weighted by molar-refractivity contribution is 7.16. The number of rotatable bonds is 3. The van der Waals surface area contributed by atoms with Crippen LogP contribution in [0.15, 0.2) is 35.3 Å². The normalized spacial score (nSPS) is 14.3. The van der Waals surface area contributed by atoms with Gasteiger partial charge in [0.2, 0.25) is 0 Å². The third-order valence-electron chi connectivity index (χ3n) is 4.89. The molecule has 2 heterocycles. The maximum Gasteiger partial charge on any atom is 0.416 e. The second-order valence-corrected chi connectivity index (χ2v) is 8.23. The van der Waals surface area contributed by atoms with Crippen LogP contribution in [0.3, 0.4) is 0 Å². The predicted octanol–water partition coefficient (Wildman–Crippen LogP) is 4.43. The fourth-order valence-electron chi connectivity index (χ4n) is 3.27. The van der Waals surface area contributed by atoms with Crippen LogP contribution in [-0.4, -0.2) is 36.8 Å². The lowest BCUT2D eigenvalue weighted by molar-refractivity contribution is -0.143. The van der Waals surface area contributed by atoms with E-state index in [1.165, 1.54) is 10.6 Å². The lowest BCUT2D eigenvalue weighted by Crippen LogP contribution is -2.23. The van der Waals surface area contributed by atoms with Gasteiger partial charge in [-0.05, 0) is 18.2 Å². The Balaban J connectivity index is 1.88. The predicted molar refractivity (Wildman–Crippen MR) is 109 cm³/mol. The number of aromatic nitrogens is 1. The molecule has 0 atom stereocenters. The molecule has 1 amide bonds. The van der Waals surface area contributed by atoms with Gasteiger partial charge in [0.25, 0.3) is 5.91 Å². The van der Waals surface area contributed by atoms with E-state index >= 15 is 0 Å². The van der Waals surface area contributed by atoms with Crippen LogP contribution >= 0.6 is 11.3 Å². The van der Waals surface area contributed by atoms with Crippen molar-refractivity contribution in [1.82, 2.24) is 4.57 Å². The second-order valence-electron chi connectivity index (χ2n) is 7.22. The molecule has 1 aliphatic rings. The first kappa shape index (κ1) is 24.6. The Morgan fingerprint density at radius 2 is 1.54 bits per heavy atom. The second kappa shape index (κ2) is 8.91. The number of ether oxygens (including phenoxy) is 3. The Hall–Kier alpha value is -3.55. The SMILES string of the molecule is COC(=O)Cn1c(=NC(=O)c2cc(C(F)(F)F)cc(C(F)(F)F)c2)sc2cc3c(cc21)OCCO3. The van der Waals surface area contributed by atoms with Crippen molar-refractivity contribution in [3.63, 3.8) is 0 Å². The van der Waals surface area contributed by atoms with Crippen molar-refractivity contribution in [3.8, 4) is 11.5 Å². The van der Waals surface area contributed by atoms with E-state index in [2.05, 4.69) is 9.73 Å². The summed E-state index contributed by atoms with van der Waals surface area (Å²) in [4.78, 5) is 28.3. The Kier molecular flexibility index (Phi) is 6.25. The number of esters is 1. The number of thiazole rings is 1. The third-order valence-corrected chi connectivity index (χ3v) is 5.93. The minimum absolute atomic E-state index is 0.0851. The number of nitrogens with zero attached hydrogens (tertiary/aromatic N) is 2. The Morgan fingerprint density at radius 1 is 0.971 bits per heavy atom. The molecular weight excluding hydrogens is 506 g/mol. The molecule has 0 fully saturated rings. The summed E-state index contributed by atoms with van der Waals surface area (Å²) >= 11 is 0.879. The highest BCUT2D eigenvalue weighted by atomic mass is 32.1. The van der Waals surface area contributed by atoms with Gasteiger partial charge < -0.3 is 18.8 Å². The number of hydrogen-bond donors (Lipinski definition) is 0. The van der Waals surface area contributed by atoms with Crippen molar-refractivity contribution >= 4 is 33.4 Å². The van der Waals surface area contributed by atoms with E-state index in [4.69, 9.17) is 9.47 Å². The standard InChI is InChI=1S/C21H14F6N2O5S/c1-32-17(30)9-29-13-7-14-15(34-3-2-33-14)8-16(13)35-19(29)28-18(31)10-4-11(20(22,23)24)6-12(5-10)21(25,26)27/h4-8H,2-3,9H2,1H3. The van der Waals surface area contributed by atoms with Gasteiger partial charge in [0, 0.05) is 17.7 Å². The first-order chi connectivity index (χ1) is 16.4. The lowest BCUT2D eigenvalue weighted by Gasteiger charge is -2.18. The van der Waals surface area contributed by atoms with Crippen LogP contribution in [-0.2, 0) is 28.4 Å². The van der Waals surface area contributed by atoms with Gasteiger partial charge in [-0.2, -0.15) is 31.3 Å². The summed E-state index contributed by atoms with van der Waals surface area (Å²) in [7, 11) is 1.12. The summed E-state index contributed by atoms with van der Waals surface area (Å²) in [6.07, 6.45) is -10.3. The van der Waals surface area contributed by atoms with Crippen LogP contribution in [0.1, 0.15) is 21.5 Å². The van der Waals surface area contributed by atoms with Crippen molar-refractivity contribution in [2.24, 2.45) is 4.99 Å². The first-order valence-corrected chi connectivity index (χ1v) is 10.6. The molecule has 0 aliphatic carbocycles. The van der Waals surface area contributed by atoms with Gasteiger partial charge in [0.15, 0.2) is 16.3 Å². The zero-order valence-electron chi connectivity index (χ0n) is 17.6. The van der Waals surface area contributed by atoms with E-state index in [-0.39, 0.29) is 17.5 Å². The molecule has 0 N–H and O–H groups in total. The third kappa shape index (κ3) is 5.11. The van der Waals surface area contributed by atoms with E-state index in [0.29, 0.717) is 40.5 Å². The van der Waals surface area contributed by atoms with Crippen molar-refractivity contribution in [3.05, 3.63) is 51.8 Å². The molecule has 1 aliphatic heterocycles. The molecule has 0 spiro atoms. The molecule has 4 rings (SSSR count). The van der Waals surface area contributed by atoms with Gasteiger partial charge in [0.05, 0.1) is 28.5 Å². The van der Waals surface area contributed by atoms with Crippen molar-refractivity contribution in [2.45, 2.75) is 18.9 Å². The fraction of sp³-hybridized carbons (Fsp3) is 0.286. The number of benzene rings is 2. The van der Waals surface area contributed by atoms with Gasteiger partial charge in [-0.1, -0.05) is 11.3 Å². The zero-order chi connectivity index (χ0) is 25.5. The van der Waals surface area contributed by atoms with Crippen molar-refractivity contribution in [2.75, 3.05) is 20.3 Å². The minimum atomic E-state index is -5.13. The molecule has 14 heteroatoms. The van der Waals surface area contributed by atoms with Crippen LogP contribution in [0.25, 0.3) is 10.2 Å². The molecule has 0 bridgehead atoms. The van der Waals surface area contributed by atoms with E-state index in [0.717, 1.165) is 18.4 Å². The maximum atomic E-state index is 13.2. The highest BCUT2D eigenvalue weighted by Crippen LogP contribution is 2.37. The van der Waals surface area contributed by atoms with E-state index < -0.39 is 47.5 Å². The molecule has 0 unspecified atom stereocenters. The zero-order valence-corrected chi connectivity index (χ0v) is 18.4. The van der Waals surface area contributed by atoms with Crippen LogP contribution in [0.2, 0.25) is 0 Å². The number of carbonyl (C=O) groups excluding carboxylic acids is 2. The van der Waals surface area contributed by atoms with Crippen LogP contribution in [0.5, 0.6) is 11.5 Å². The fourth-order valence-corrected chi connectivity index (χ4v) is 4.31. The molecule has 0 radical (unpaired) electrons. The van der Waals surface area contributed by atoms with Crippen LogP contribution in [0, 0.1) is 0 Å². The van der Waals surface area contributed by atoms with Crippen molar-refractivity contribution < 1.29 is 50.1 Å². The summed E-state index contributed by atoms with van der Waals surface area (Å²) < 4.78 is 96.4. The summed E-state index contributed by atoms with van der Waals surface area (Å²) in [5.74, 6) is -1.34. The van der Waals surface area contributed by atoms with Crippen LogP contribution < -0.4 is 14.3 Å². The molecule has 0 saturated heterocycles. The Bertz CT molecular complexity index is 1360. The molecule has 2 aromatic carbocycles. The van der Waals surface area contributed by atoms with E-state index in [1.54, 1.807) is 6.07 Å². The topological polar surface area (TPSA) is 79.1 Å². The van der Waals surface area contributed by atoms with Crippen molar-refractivity contribution in [1.29, 1.82) is 0 Å². The molecule has 0 saturated carbocycles. The van der Waals surface area contributed by atoms with E-state index in [1.807, 2.05) is 0 Å². The van der Waals surface area contributed by atoms with Gasteiger partial charge in [-0.15, -0.1) is 0 Å². The lowest BCUT2D eigenvalue weighted by atomic mass is 10.0. The molecule has 7 nitrogen and oxygen atoms in total. The highest BCUT2D eigenvalue weighted by Gasteiger charge is 2.37. The Labute approximate surface area is 196 Å². The number of fused-ring (bicyclic) bond motifs is 2. The average Bonchev–Trinajstić information content (AvgIpc) is 3.11. The molecule has 186 valence electrons. The summed E-state index contributed by atoms with van der Waals surface area (Å²) in [5, 5.41) is 0. The molecule has 3 aromatic rings. The molecule has 1 aromatic heterocycles. The molecular formula is C21H14F6N2O5S. The largest absolute Gasteiger partial charge is 0.486 e. The number of methoxy groups -OCH3 is 1. The Morgan fingerprint density at radius 3 is 2.09 bits per heavy atom. The number of alkyl halides is 6. The number of hydrogen-bond acceptors (Lipinski definition) is 6.